The lowest BCUT2D eigenvalue weighted by Crippen LogP contribution is -2.57. The van der Waals surface area contributed by atoms with E-state index in [0.29, 0.717) is 6.42 Å². The number of esters is 1. The van der Waals surface area contributed by atoms with Crippen LogP contribution in [0.25, 0.3) is 0 Å². The number of nitrogens with two attached hydrogens (primary N) is 1. The minimum Gasteiger partial charge on any atom is -0.460 e. The van der Waals surface area contributed by atoms with E-state index in [0.717, 1.165) is 30.2 Å². The molecule has 1 aliphatic heterocycles. The first kappa shape index (κ1) is 38.8. The Labute approximate surface area is 263 Å². The summed E-state index contributed by atoms with van der Waals surface area (Å²) in [6, 6.07) is -1.82. The summed E-state index contributed by atoms with van der Waals surface area (Å²) in [7, 11) is 1.35. The average molecular weight is 621 g/mol. The van der Waals surface area contributed by atoms with E-state index in [1.54, 1.807) is 6.92 Å². The molecule has 1 aliphatic rings. The second-order valence-electron chi connectivity index (χ2n) is 12.1. The summed E-state index contributed by atoms with van der Waals surface area (Å²) in [5.41, 5.74) is 5.38. The van der Waals surface area contributed by atoms with Crippen molar-refractivity contribution >= 4 is 29.6 Å². The third-order valence-corrected chi connectivity index (χ3v) is 8.13. The van der Waals surface area contributed by atoms with Gasteiger partial charge in [-0.25, -0.2) is 4.79 Å². The van der Waals surface area contributed by atoms with Gasteiger partial charge >= 0.3 is 5.97 Å². The van der Waals surface area contributed by atoms with Crippen LogP contribution >= 0.6 is 0 Å². The lowest BCUT2D eigenvalue weighted by molar-refractivity contribution is -0.165. The molecule has 5 unspecified atom stereocenters. The van der Waals surface area contributed by atoms with E-state index in [9.17, 15) is 29.1 Å². The number of nitrogens with one attached hydrogen (secondary N) is 2. The van der Waals surface area contributed by atoms with Crippen LogP contribution in [0.5, 0.6) is 0 Å². The Kier molecular flexibility index (Phi) is 19.0. The zero-order valence-electron chi connectivity index (χ0n) is 27.3. The fraction of sp³-hybridized carbons (Fsp3) is 0.727. The molecule has 0 fully saturated rings. The van der Waals surface area contributed by atoms with Crippen LogP contribution in [0, 0.1) is 11.8 Å². The maximum Gasteiger partial charge on any atom is 0.332 e. The highest BCUT2D eigenvalue weighted by Crippen LogP contribution is 2.25. The molecule has 0 aromatic carbocycles. The number of ether oxygens (including phenoxy) is 1. The molecule has 0 saturated carbocycles. The first-order valence-corrected chi connectivity index (χ1v) is 16.3. The normalized spacial score (nSPS) is 22.0. The third-order valence-electron chi connectivity index (χ3n) is 8.13. The molecule has 1 heterocycles. The van der Waals surface area contributed by atoms with Crippen molar-refractivity contribution in [2.24, 2.45) is 17.6 Å². The summed E-state index contributed by atoms with van der Waals surface area (Å²) < 4.78 is 5.74. The lowest BCUT2D eigenvalue weighted by Gasteiger charge is -2.31. The predicted octanol–water partition coefficient (Wildman–Crippen LogP) is 3.64. The van der Waals surface area contributed by atoms with Gasteiger partial charge in [-0.2, -0.15) is 0 Å². The number of allylic oxidation sites excluding steroid dienone is 1. The van der Waals surface area contributed by atoms with Crippen molar-refractivity contribution in [3.63, 3.8) is 0 Å². The molecule has 250 valence electrons. The van der Waals surface area contributed by atoms with Crippen LogP contribution in [-0.4, -0.2) is 71.4 Å². The standard InChI is InChI=1S/C33H56N4O7/c1-6-7-8-9-10-11-12-13-14-15-16-17-18-19-23(2)30-25(4)32(42)35-24(3)20-21-27(39)37(5)22-26(38)36-28(33(43)44-30)29(40)31(34)41/h20-21,23,25,28-30,40H,3,6-19,22H2,1-2,4-5H3,(H2,34,41)(H,35,42)(H,36,38). The molecular weight excluding hydrogens is 564 g/mol. The van der Waals surface area contributed by atoms with E-state index in [-0.39, 0.29) is 11.6 Å². The number of primary amides is 1. The summed E-state index contributed by atoms with van der Waals surface area (Å²) in [5, 5.41) is 15.2. The zero-order valence-corrected chi connectivity index (χ0v) is 27.3. The number of nitrogens with zero attached hydrogens (tertiary/aromatic N) is 1. The van der Waals surface area contributed by atoms with Crippen molar-refractivity contribution in [2.75, 3.05) is 13.6 Å². The van der Waals surface area contributed by atoms with Crippen molar-refractivity contribution in [2.45, 2.75) is 129 Å². The van der Waals surface area contributed by atoms with Crippen molar-refractivity contribution in [3.8, 4) is 0 Å². The Morgan fingerprint density at radius 3 is 2.05 bits per heavy atom. The summed E-state index contributed by atoms with van der Waals surface area (Å²) in [4.78, 5) is 64.2. The van der Waals surface area contributed by atoms with Gasteiger partial charge in [0.25, 0.3) is 0 Å². The van der Waals surface area contributed by atoms with Gasteiger partial charge in [-0.1, -0.05) is 111 Å². The van der Waals surface area contributed by atoms with Crippen LogP contribution in [0.15, 0.2) is 24.4 Å². The molecule has 5 atom stereocenters. The highest BCUT2D eigenvalue weighted by atomic mass is 16.5. The lowest BCUT2D eigenvalue weighted by atomic mass is 9.88. The van der Waals surface area contributed by atoms with E-state index < -0.39 is 60.3 Å². The molecule has 11 nitrogen and oxygen atoms in total. The number of carbonyl (C=O) groups is 5. The van der Waals surface area contributed by atoms with Crippen LogP contribution in [0.4, 0.5) is 0 Å². The second kappa shape index (κ2) is 21.5. The van der Waals surface area contributed by atoms with Crippen molar-refractivity contribution in [1.29, 1.82) is 0 Å². The molecule has 0 spiro atoms. The second-order valence-corrected chi connectivity index (χ2v) is 12.1. The number of likely N-dealkylation sites (N-methyl/N-ethyl adjacent to an activating group) is 1. The first-order chi connectivity index (χ1) is 20.9. The minimum absolute atomic E-state index is 0.152. The smallest absolute Gasteiger partial charge is 0.332 e. The number of amides is 4. The average Bonchev–Trinajstić information content (AvgIpc) is 2.98. The zero-order chi connectivity index (χ0) is 33.1. The van der Waals surface area contributed by atoms with Crippen LogP contribution in [0.3, 0.4) is 0 Å². The summed E-state index contributed by atoms with van der Waals surface area (Å²) >= 11 is 0. The van der Waals surface area contributed by atoms with Gasteiger partial charge in [-0.05, 0) is 18.4 Å². The van der Waals surface area contributed by atoms with Gasteiger partial charge < -0.3 is 31.1 Å². The Balaban J connectivity index is 2.85. The molecule has 5 N–H and O–H groups in total. The Morgan fingerprint density at radius 1 is 1.00 bits per heavy atom. The third kappa shape index (κ3) is 15.0. The van der Waals surface area contributed by atoms with Crippen LogP contribution < -0.4 is 16.4 Å². The number of rotatable bonds is 17. The van der Waals surface area contributed by atoms with Gasteiger partial charge in [0, 0.05) is 18.8 Å². The van der Waals surface area contributed by atoms with E-state index >= 15 is 0 Å². The van der Waals surface area contributed by atoms with Crippen molar-refractivity contribution < 1.29 is 33.8 Å². The van der Waals surface area contributed by atoms with E-state index in [1.807, 2.05) is 6.92 Å². The molecule has 0 aromatic heterocycles. The molecule has 11 heteroatoms. The van der Waals surface area contributed by atoms with Gasteiger partial charge in [0.05, 0.1) is 12.5 Å². The van der Waals surface area contributed by atoms with Gasteiger partial charge in [0.1, 0.15) is 6.10 Å². The topological polar surface area (TPSA) is 168 Å². The number of carbonyl (C=O) groups excluding carboxylic acids is 5. The highest BCUT2D eigenvalue weighted by molar-refractivity contribution is 5.95. The van der Waals surface area contributed by atoms with Gasteiger partial charge in [-0.15, -0.1) is 0 Å². The predicted molar refractivity (Wildman–Crippen MR) is 170 cm³/mol. The van der Waals surface area contributed by atoms with Crippen molar-refractivity contribution in [3.05, 3.63) is 24.4 Å². The quantitative estimate of drug-likeness (QED) is 0.142. The summed E-state index contributed by atoms with van der Waals surface area (Å²) in [6.07, 6.45) is 16.0. The van der Waals surface area contributed by atoms with E-state index in [4.69, 9.17) is 10.5 Å². The maximum atomic E-state index is 13.3. The molecule has 4 amide bonds. The van der Waals surface area contributed by atoms with E-state index in [2.05, 4.69) is 24.1 Å². The number of unbranched alkanes of at least 4 members (excludes halogenated alkanes) is 12. The number of aliphatic hydroxyl groups is 1. The summed E-state index contributed by atoms with van der Waals surface area (Å²) in [6.45, 7) is 8.98. The molecule has 44 heavy (non-hydrogen) atoms. The van der Waals surface area contributed by atoms with Gasteiger partial charge in [-0.3, -0.25) is 19.2 Å². The Hall–Kier alpha value is -3.21. The first-order valence-electron chi connectivity index (χ1n) is 16.3. The van der Waals surface area contributed by atoms with Gasteiger partial charge in [0.15, 0.2) is 12.1 Å². The number of hydrogen-bond donors (Lipinski definition) is 4. The molecule has 0 aromatic rings. The molecule has 0 bridgehead atoms. The van der Waals surface area contributed by atoms with Crippen LogP contribution in [-0.2, 0) is 28.7 Å². The fourth-order valence-corrected chi connectivity index (χ4v) is 5.27. The van der Waals surface area contributed by atoms with Crippen LogP contribution in [0.1, 0.15) is 111 Å². The molecule has 0 saturated heterocycles. The molecule has 0 aliphatic carbocycles. The Bertz CT molecular complexity index is 983. The van der Waals surface area contributed by atoms with E-state index in [1.165, 1.54) is 77.3 Å². The highest BCUT2D eigenvalue weighted by Gasteiger charge is 2.39. The molecule has 0 radical (unpaired) electrons. The minimum atomic E-state index is -2.08. The number of cyclic esters (lactones) is 1. The van der Waals surface area contributed by atoms with Crippen molar-refractivity contribution in [1.82, 2.24) is 15.5 Å². The molecular formula is C33H56N4O7. The number of hydrogen-bond acceptors (Lipinski definition) is 7. The largest absolute Gasteiger partial charge is 0.460 e. The molecule has 1 rings (SSSR count). The SMILES string of the molecule is C=C1C=CC(=O)N(C)CC(=O)NC(C(O)C(N)=O)C(=O)OC(C(C)CCCCCCCCCCCCCCC)C(C)C(=O)N1. The monoisotopic (exact) mass is 620 g/mol. The van der Waals surface area contributed by atoms with Gasteiger partial charge in [0.2, 0.25) is 23.6 Å². The van der Waals surface area contributed by atoms with Crippen LogP contribution in [0.2, 0.25) is 0 Å². The summed E-state index contributed by atoms with van der Waals surface area (Å²) in [5.74, 6) is -5.33. The fourth-order valence-electron chi connectivity index (χ4n) is 5.27. The number of aliphatic hydroxyl groups excluding tert-OH is 1. The Morgan fingerprint density at radius 2 is 1.52 bits per heavy atom. The maximum absolute atomic E-state index is 13.3.